The van der Waals surface area contributed by atoms with Crippen LogP contribution in [0.1, 0.15) is 39.0 Å². The first-order valence-electron chi connectivity index (χ1n) is 6.93. The fraction of sp³-hybridized carbons (Fsp3) is 0.923. The molecule has 2 fully saturated rings. The molecule has 2 rings (SSSR count). The Morgan fingerprint density at radius 3 is 2.83 bits per heavy atom. The number of hydrogen-bond acceptors (Lipinski definition) is 4. The van der Waals surface area contributed by atoms with E-state index in [4.69, 9.17) is 15.6 Å². The highest BCUT2D eigenvalue weighted by Crippen LogP contribution is 2.32. The van der Waals surface area contributed by atoms with Crippen molar-refractivity contribution in [3.8, 4) is 0 Å². The Morgan fingerprint density at radius 1 is 1.56 bits per heavy atom. The summed E-state index contributed by atoms with van der Waals surface area (Å²) in [6.45, 7) is 4.83. The van der Waals surface area contributed by atoms with Crippen molar-refractivity contribution in [2.45, 2.75) is 56.7 Å². The van der Waals surface area contributed by atoms with Gasteiger partial charge in [-0.2, -0.15) is 0 Å². The third kappa shape index (κ3) is 2.84. The molecule has 0 bridgehead atoms. The smallest absolute Gasteiger partial charge is 0.323 e. The average Bonchev–Trinajstić information content (AvgIpc) is 2.96. The van der Waals surface area contributed by atoms with E-state index in [-0.39, 0.29) is 0 Å². The van der Waals surface area contributed by atoms with Crippen LogP contribution in [-0.2, 0) is 9.53 Å². The molecule has 5 nitrogen and oxygen atoms in total. The molecule has 0 aromatic rings. The Hall–Kier alpha value is -0.650. The molecule has 3 unspecified atom stereocenters. The number of ether oxygens (including phenoxy) is 1. The van der Waals surface area contributed by atoms with Crippen LogP contribution in [0.2, 0.25) is 0 Å². The zero-order valence-corrected chi connectivity index (χ0v) is 11.1. The molecular weight excluding hydrogens is 232 g/mol. The largest absolute Gasteiger partial charge is 0.480 e. The van der Waals surface area contributed by atoms with Crippen molar-refractivity contribution in [3.63, 3.8) is 0 Å². The summed E-state index contributed by atoms with van der Waals surface area (Å²) in [7, 11) is 0. The first kappa shape index (κ1) is 13.8. The fourth-order valence-electron chi connectivity index (χ4n) is 3.14. The Labute approximate surface area is 108 Å². The van der Waals surface area contributed by atoms with Crippen LogP contribution in [0.5, 0.6) is 0 Å². The predicted molar refractivity (Wildman–Crippen MR) is 68.4 cm³/mol. The number of carboxylic acid groups (broad SMARTS) is 1. The minimum absolute atomic E-state index is 0.292. The van der Waals surface area contributed by atoms with E-state index in [0.29, 0.717) is 25.0 Å². The van der Waals surface area contributed by atoms with Crippen LogP contribution in [0.25, 0.3) is 0 Å². The van der Waals surface area contributed by atoms with Gasteiger partial charge >= 0.3 is 5.97 Å². The van der Waals surface area contributed by atoms with Gasteiger partial charge in [-0.05, 0) is 38.6 Å². The molecule has 0 spiro atoms. The lowest BCUT2D eigenvalue weighted by Gasteiger charge is -2.30. The summed E-state index contributed by atoms with van der Waals surface area (Å²) in [4.78, 5) is 13.5. The molecule has 0 radical (unpaired) electrons. The van der Waals surface area contributed by atoms with Gasteiger partial charge < -0.3 is 15.6 Å². The van der Waals surface area contributed by atoms with Crippen molar-refractivity contribution in [3.05, 3.63) is 0 Å². The first-order valence-corrected chi connectivity index (χ1v) is 6.93. The molecule has 104 valence electrons. The van der Waals surface area contributed by atoms with E-state index in [2.05, 4.69) is 11.8 Å². The number of carboxylic acids is 1. The molecule has 1 aliphatic carbocycles. The van der Waals surface area contributed by atoms with E-state index in [9.17, 15) is 4.79 Å². The zero-order valence-electron chi connectivity index (χ0n) is 11.1. The Bertz CT molecular complexity index is 305. The topological polar surface area (TPSA) is 75.8 Å². The monoisotopic (exact) mass is 256 g/mol. The third-order valence-electron chi connectivity index (χ3n) is 4.33. The van der Waals surface area contributed by atoms with Gasteiger partial charge in [0.1, 0.15) is 5.54 Å². The van der Waals surface area contributed by atoms with E-state index >= 15 is 0 Å². The van der Waals surface area contributed by atoms with Crippen molar-refractivity contribution < 1.29 is 14.6 Å². The van der Waals surface area contributed by atoms with Crippen molar-refractivity contribution in [1.29, 1.82) is 0 Å². The standard InChI is InChI=1S/C13H24N2O3/c1-2-15(9-11-4-3-7-18-11)10-5-6-13(14,8-10)12(16)17/h10-11H,2-9,14H2,1H3,(H,16,17). The Kier molecular flexibility index (Phi) is 4.25. The first-order chi connectivity index (χ1) is 8.55. The highest BCUT2D eigenvalue weighted by molar-refractivity contribution is 5.79. The lowest BCUT2D eigenvalue weighted by molar-refractivity contribution is -0.143. The second-order valence-electron chi connectivity index (χ2n) is 5.58. The van der Waals surface area contributed by atoms with E-state index in [1.165, 1.54) is 0 Å². The van der Waals surface area contributed by atoms with Crippen LogP contribution in [0, 0.1) is 0 Å². The summed E-state index contributed by atoms with van der Waals surface area (Å²) < 4.78 is 5.66. The van der Waals surface area contributed by atoms with Crippen molar-refractivity contribution in [2.75, 3.05) is 19.7 Å². The van der Waals surface area contributed by atoms with Crippen LogP contribution in [0.15, 0.2) is 0 Å². The number of likely N-dealkylation sites (N-methyl/N-ethyl adjacent to an activating group) is 1. The summed E-state index contributed by atoms with van der Waals surface area (Å²) >= 11 is 0. The third-order valence-corrected chi connectivity index (χ3v) is 4.33. The number of carbonyl (C=O) groups is 1. The van der Waals surface area contributed by atoms with Gasteiger partial charge in [0, 0.05) is 19.2 Å². The molecule has 0 aromatic heterocycles. The van der Waals surface area contributed by atoms with Gasteiger partial charge in [-0.1, -0.05) is 6.92 Å². The van der Waals surface area contributed by atoms with Crippen LogP contribution < -0.4 is 5.73 Å². The van der Waals surface area contributed by atoms with Gasteiger partial charge in [0.15, 0.2) is 0 Å². The summed E-state index contributed by atoms with van der Waals surface area (Å²) in [5.74, 6) is -0.863. The fourth-order valence-corrected chi connectivity index (χ4v) is 3.14. The molecule has 2 aliphatic rings. The number of nitrogens with zero attached hydrogens (tertiary/aromatic N) is 1. The maximum Gasteiger partial charge on any atom is 0.323 e. The highest BCUT2D eigenvalue weighted by Gasteiger charge is 2.44. The summed E-state index contributed by atoms with van der Waals surface area (Å²) in [5, 5.41) is 9.16. The van der Waals surface area contributed by atoms with Gasteiger partial charge in [0.05, 0.1) is 6.10 Å². The maximum atomic E-state index is 11.2. The lowest BCUT2D eigenvalue weighted by atomic mass is 9.99. The zero-order chi connectivity index (χ0) is 13.2. The number of hydrogen-bond donors (Lipinski definition) is 2. The van der Waals surface area contributed by atoms with Crippen molar-refractivity contribution >= 4 is 5.97 Å². The second kappa shape index (κ2) is 5.55. The predicted octanol–water partition coefficient (Wildman–Crippen LogP) is 0.822. The van der Waals surface area contributed by atoms with Crippen LogP contribution in [0.4, 0.5) is 0 Å². The number of nitrogens with two attached hydrogens (primary N) is 1. The summed E-state index contributed by atoms with van der Waals surface area (Å²) in [6, 6.07) is 0.292. The molecule has 18 heavy (non-hydrogen) atoms. The van der Waals surface area contributed by atoms with Crippen molar-refractivity contribution in [2.24, 2.45) is 5.73 Å². The average molecular weight is 256 g/mol. The summed E-state index contributed by atoms with van der Waals surface area (Å²) in [5.41, 5.74) is 4.92. The molecule has 1 saturated carbocycles. The van der Waals surface area contributed by atoms with Crippen LogP contribution >= 0.6 is 0 Å². The van der Waals surface area contributed by atoms with Crippen LogP contribution in [0.3, 0.4) is 0 Å². The molecule has 3 atom stereocenters. The van der Waals surface area contributed by atoms with Gasteiger partial charge in [-0.25, -0.2) is 0 Å². The van der Waals surface area contributed by atoms with Crippen LogP contribution in [-0.4, -0.2) is 53.4 Å². The Balaban J connectivity index is 1.91. The normalized spacial score (nSPS) is 36.4. The number of rotatable bonds is 5. The Morgan fingerprint density at radius 2 is 2.33 bits per heavy atom. The molecular formula is C13H24N2O3. The van der Waals surface area contributed by atoms with E-state index in [1.54, 1.807) is 0 Å². The minimum atomic E-state index is -1.02. The minimum Gasteiger partial charge on any atom is -0.480 e. The molecule has 0 amide bonds. The van der Waals surface area contributed by atoms with Gasteiger partial charge in [-0.3, -0.25) is 9.69 Å². The number of aliphatic carboxylic acids is 1. The molecule has 0 aromatic carbocycles. The van der Waals surface area contributed by atoms with Crippen molar-refractivity contribution in [1.82, 2.24) is 4.90 Å². The van der Waals surface area contributed by atoms with E-state index in [0.717, 1.165) is 39.0 Å². The van der Waals surface area contributed by atoms with Gasteiger partial charge in [0.2, 0.25) is 0 Å². The molecule has 1 heterocycles. The van der Waals surface area contributed by atoms with E-state index < -0.39 is 11.5 Å². The SMILES string of the molecule is CCN(CC1CCCO1)C1CCC(N)(C(=O)O)C1. The molecule has 1 saturated heterocycles. The van der Waals surface area contributed by atoms with Gasteiger partial charge in [0.25, 0.3) is 0 Å². The quantitative estimate of drug-likeness (QED) is 0.761. The lowest BCUT2D eigenvalue weighted by Crippen LogP contribution is -2.48. The summed E-state index contributed by atoms with van der Waals surface area (Å²) in [6.07, 6.45) is 4.60. The molecule has 3 N–H and O–H groups in total. The highest BCUT2D eigenvalue weighted by atomic mass is 16.5. The molecule has 5 heteroatoms. The second-order valence-corrected chi connectivity index (χ2v) is 5.58. The molecule has 1 aliphatic heterocycles. The van der Waals surface area contributed by atoms with Gasteiger partial charge in [-0.15, -0.1) is 0 Å². The maximum absolute atomic E-state index is 11.2. The van der Waals surface area contributed by atoms with E-state index in [1.807, 2.05) is 0 Å².